The molecule has 3 heteroatoms. The first-order valence-electron chi connectivity index (χ1n) is 6.53. The van der Waals surface area contributed by atoms with E-state index in [1.54, 1.807) is 6.26 Å². The second kappa shape index (κ2) is 6.62. The highest BCUT2D eigenvalue weighted by atomic mass is 16.3. The van der Waals surface area contributed by atoms with Crippen LogP contribution in [0.2, 0.25) is 0 Å². The third-order valence-electron chi connectivity index (χ3n) is 3.09. The lowest BCUT2D eigenvalue weighted by Crippen LogP contribution is -2.27. The van der Waals surface area contributed by atoms with E-state index >= 15 is 0 Å². The first-order chi connectivity index (χ1) is 8.40. The molecule has 1 aromatic rings. The Balaban J connectivity index is 1.87. The number of nitrogens with zero attached hydrogens (tertiary/aromatic N) is 1. The summed E-state index contributed by atoms with van der Waals surface area (Å²) in [5.74, 6) is 1.09. The van der Waals surface area contributed by atoms with Gasteiger partial charge in [-0.25, -0.2) is 0 Å². The highest BCUT2D eigenvalue weighted by Gasteiger charge is 2.11. The quantitative estimate of drug-likeness (QED) is 0.605. The SMILES string of the molecule is CCCNCc1occc1CN1CC=CCC1. The zero-order valence-electron chi connectivity index (χ0n) is 10.6. The van der Waals surface area contributed by atoms with Crippen molar-refractivity contribution in [1.29, 1.82) is 0 Å². The molecule has 2 heterocycles. The van der Waals surface area contributed by atoms with Crippen molar-refractivity contribution in [2.24, 2.45) is 0 Å². The fourth-order valence-electron chi connectivity index (χ4n) is 2.12. The number of hydrogen-bond donors (Lipinski definition) is 1. The Morgan fingerprint density at radius 2 is 2.35 bits per heavy atom. The number of hydrogen-bond acceptors (Lipinski definition) is 3. The van der Waals surface area contributed by atoms with Crippen molar-refractivity contribution in [3.05, 3.63) is 35.8 Å². The van der Waals surface area contributed by atoms with E-state index in [0.717, 1.165) is 44.9 Å². The molecule has 94 valence electrons. The van der Waals surface area contributed by atoms with Crippen molar-refractivity contribution < 1.29 is 4.42 Å². The molecule has 0 atom stereocenters. The average Bonchev–Trinajstić information content (AvgIpc) is 2.79. The van der Waals surface area contributed by atoms with Gasteiger partial charge in [0.2, 0.25) is 0 Å². The standard InChI is InChI=1S/C14H22N2O/c1-2-7-15-11-14-13(6-10-17-14)12-16-8-4-3-5-9-16/h3-4,6,10,15H,2,5,7-9,11-12H2,1H3. The predicted molar refractivity (Wildman–Crippen MR) is 69.7 cm³/mol. The highest BCUT2D eigenvalue weighted by Crippen LogP contribution is 2.14. The van der Waals surface area contributed by atoms with Crippen LogP contribution in [0.3, 0.4) is 0 Å². The zero-order chi connectivity index (χ0) is 11.9. The fourth-order valence-corrected chi connectivity index (χ4v) is 2.12. The lowest BCUT2D eigenvalue weighted by Gasteiger charge is -2.22. The van der Waals surface area contributed by atoms with E-state index in [1.165, 1.54) is 12.0 Å². The molecule has 0 fully saturated rings. The molecule has 0 spiro atoms. The largest absolute Gasteiger partial charge is 0.468 e. The second-order valence-corrected chi connectivity index (χ2v) is 4.54. The van der Waals surface area contributed by atoms with E-state index in [1.807, 2.05) is 0 Å². The maximum atomic E-state index is 5.55. The monoisotopic (exact) mass is 234 g/mol. The average molecular weight is 234 g/mol. The topological polar surface area (TPSA) is 28.4 Å². The number of rotatable bonds is 6. The van der Waals surface area contributed by atoms with Crippen LogP contribution in [0.25, 0.3) is 0 Å². The summed E-state index contributed by atoms with van der Waals surface area (Å²) in [5, 5.41) is 3.39. The van der Waals surface area contributed by atoms with Gasteiger partial charge in [-0.2, -0.15) is 0 Å². The van der Waals surface area contributed by atoms with Crippen LogP contribution in [0.1, 0.15) is 31.1 Å². The normalized spacial score (nSPS) is 16.5. The Kier molecular flexibility index (Phi) is 4.83. The minimum Gasteiger partial charge on any atom is -0.468 e. The van der Waals surface area contributed by atoms with E-state index < -0.39 is 0 Å². The Labute approximate surface area is 103 Å². The number of furan rings is 1. The van der Waals surface area contributed by atoms with Crippen LogP contribution in [0.4, 0.5) is 0 Å². The number of nitrogens with one attached hydrogen (secondary N) is 1. The third-order valence-corrected chi connectivity index (χ3v) is 3.09. The molecular weight excluding hydrogens is 212 g/mol. The summed E-state index contributed by atoms with van der Waals surface area (Å²) in [5.41, 5.74) is 1.32. The maximum absolute atomic E-state index is 5.55. The summed E-state index contributed by atoms with van der Waals surface area (Å²) in [6.07, 6.45) is 8.64. The van der Waals surface area contributed by atoms with Gasteiger partial charge in [-0.1, -0.05) is 19.1 Å². The van der Waals surface area contributed by atoms with Gasteiger partial charge in [0.25, 0.3) is 0 Å². The van der Waals surface area contributed by atoms with Gasteiger partial charge in [-0.05, 0) is 25.5 Å². The van der Waals surface area contributed by atoms with Gasteiger partial charge in [-0.3, -0.25) is 4.90 Å². The molecule has 17 heavy (non-hydrogen) atoms. The Hall–Kier alpha value is -1.06. The minimum absolute atomic E-state index is 0.847. The van der Waals surface area contributed by atoms with Gasteiger partial charge in [0.15, 0.2) is 0 Å². The summed E-state index contributed by atoms with van der Waals surface area (Å²) >= 11 is 0. The van der Waals surface area contributed by atoms with E-state index in [2.05, 4.69) is 35.4 Å². The first-order valence-corrected chi connectivity index (χ1v) is 6.53. The van der Waals surface area contributed by atoms with Crippen molar-refractivity contribution >= 4 is 0 Å². The van der Waals surface area contributed by atoms with E-state index in [4.69, 9.17) is 4.42 Å². The van der Waals surface area contributed by atoms with Crippen molar-refractivity contribution in [3.63, 3.8) is 0 Å². The zero-order valence-corrected chi connectivity index (χ0v) is 10.6. The van der Waals surface area contributed by atoms with Crippen LogP contribution in [0.5, 0.6) is 0 Å². The molecule has 2 rings (SSSR count). The van der Waals surface area contributed by atoms with E-state index in [9.17, 15) is 0 Å². The van der Waals surface area contributed by atoms with Crippen molar-refractivity contribution in [2.75, 3.05) is 19.6 Å². The van der Waals surface area contributed by atoms with Gasteiger partial charge >= 0.3 is 0 Å². The lowest BCUT2D eigenvalue weighted by molar-refractivity contribution is 0.287. The molecule has 0 unspecified atom stereocenters. The van der Waals surface area contributed by atoms with Crippen molar-refractivity contribution in [2.45, 2.75) is 32.9 Å². The van der Waals surface area contributed by atoms with Crippen molar-refractivity contribution in [3.8, 4) is 0 Å². The van der Waals surface area contributed by atoms with Gasteiger partial charge in [0, 0.05) is 25.2 Å². The molecule has 0 saturated heterocycles. The third kappa shape index (κ3) is 3.72. The predicted octanol–water partition coefficient (Wildman–Crippen LogP) is 2.54. The van der Waals surface area contributed by atoms with Crippen LogP contribution in [-0.4, -0.2) is 24.5 Å². The van der Waals surface area contributed by atoms with Gasteiger partial charge in [0.1, 0.15) is 5.76 Å². The molecule has 0 saturated carbocycles. The van der Waals surface area contributed by atoms with Crippen molar-refractivity contribution in [1.82, 2.24) is 10.2 Å². The van der Waals surface area contributed by atoms with E-state index in [0.29, 0.717) is 0 Å². The van der Waals surface area contributed by atoms with Gasteiger partial charge in [0.05, 0.1) is 12.8 Å². The molecule has 0 aliphatic carbocycles. The first kappa shape index (κ1) is 12.4. The molecule has 3 nitrogen and oxygen atoms in total. The summed E-state index contributed by atoms with van der Waals surface area (Å²) in [7, 11) is 0. The molecule has 1 aromatic heterocycles. The van der Waals surface area contributed by atoms with Crippen LogP contribution >= 0.6 is 0 Å². The molecule has 0 aromatic carbocycles. The smallest absolute Gasteiger partial charge is 0.122 e. The molecule has 0 bridgehead atoms. The van der Waals surface area contributed by atoms with Crippen LogP contribution < -0.4 is 5.32 Å². The van der Waals surface area contributed by atoms with Gasteiger partial charge < -0.3 is 9.73 Å². The molecule has 1 aliphatic heterocycles. The molecule has 1 N–H and O–H groups in total. The fraction of sp³-hybridized carbons (Fsp3) is 0.571. The molecule has 0 radical (unpaired) electrons. The maximum Gasteiger partial charge on any atom is 0.122 e. The Morgan fingerprint density at radius 1 is 1.41 bits per heavy atom. The van der Waals surface area contributed by atoms with Crippen LogP contribution in [-0.2, 0) is 13.1 Å². The Morgan fingerprint density at radius 3 is 3.12 bits per heavy atom. The molecule has 1 aliphatic rings. The minimum atomic E-state index is 0.847. The van der Waals surface area contributed by atoms with Crippen LogP contribution in [0, 0.1) is 0 Å². The summed E-state index contributed by atoms with van der Waals surface area (Å²) in [6.45, 7) is 7.29. The second-order valence-electron chi connectivity index (χ2n) is 4.54. The summed E-state index contributed by atoms with van der Waals surface area (Å²) < 4.78 is 5.55. The summed E-state index contributed by atoms with van der Waals surface area (Å²) in [4.78, 5) is 2.45. The Bertz CT molecular complexity index is 357. The summed E-state index contributed by atoms with van der Waals surface area (Å²) in [6, 6.07) is 2.10. The molecular formula is C14H22N2O. The lowest BCUT2D eigenvalue weighted by atomic mass is 10.2. The van der Waals surface area contributed by atoms with Gasteiger partial charge in [-0.15, -0.1) is 0 Å². The molecule has 0 amide bonds. The van der Waals surface area contributed by atoms with Crippen LogP contribution in [0.15, 0.2) is 28.9 Å². The van der Waals surface area contributed by atoms with E-state index in [-0.39, 0.29) is 0 Å². The highest BCUT2D eigenvalue weighted by molar-refractivity contribution is 5.17.